The molecule has 0 aliphatic heterocycles. The second kappa shape index (κ2) is 5.97. The average Bonchev–Trinajstić information content (AvgIpc) is 2.46. The summed E-state index contributed by atoms with van der Waals surface area (Å²) in [6.45, 7) is 0.218. The lowest BCUT2D eigenvalue weighted by atomic mass is 10.1. The first-order valence-corrected chi connectivity index (χ1v) is 5.82. The van der Waals surface area contributed by atoms with Gasteiger partial charge in [-0.1, -0.05) is 30.3 Å². The van der Waals surface area contributed by atoms with Crippen molar-refractivity contribution in [3.05, 3.63) is 59.9 Å². The van der Waals surface area contributed by atoms with Crippen LogP contribution < -0.4 is 5.32 Å². The van der Waals surface area contributed by atoms with Crippen LogP contribution >= 0.6 is 0 Å². The van der Waals surface area contributed by atoms with Gasteiger partial charge < -0.3 is 15.5 Å². The van der Waals surface area contributed by atoms with Crippen molar-refractivity contribution < 1.29 is 15.0 Å². The molecular formula is C14H14N2O3. The van der Waals surface area contributed by atoms with Gasteiger partial charge in [0, 0.05) is 12.7 Å². The Labute approximate surface area is 110 Å². The lowest BCUT2D eigenvalue weighted by Gasteiger charge is -2.14. The van der Waals surface area contributed by atoms with E-state index in [1.165, 1.54) is 18.5 Å². The highest BCUT2D eigenvalue weighted by atomic mass is 16.4. The van der Waals surface area contributed by atoms with Gasteiger partial charge >= 0.3 is 5.97 Å². The molecule has 0 fully saturated rings. The lowest BCUT2D eigenvalue weighted by Crippen LogP contribution is -2.14. The summed E-state index contributed by atoms with van der Waals surface area (Å²) in [6.07, 6.45) is 2.15. The number of aromatic carboxylic acids is 1. The van der Waals surface area contributed by atoms with Crippen LogP contribution in [0.5, 0.6) is 0 Å². The number of carboxylic acids is 1. The molecule has 1 aromatic heterocycles. The minimum absolute atomic E-state index is 0.135. The van der Waals surface area contributed by atoms with Crippen molar-refractivity contribution in [2.45, 2.75) is 6.10 Å². The van der Waals surface area contributed by atoms with Gasteiger partial charge in [0.2, 0.25) is 0 Å². The average molecular weight is 258 g/mol. The highest BCUT2D eigenvalue weighted by molar-refractivity contribution is 5.93. The van der Waals surface area contributed by atoms with Gasteiger partial charge in [-0.25, -0.2) is 4.79 Å². The van der Waals surface area contributed by atoms with E-state index in [1.54, 1.807) is 0 Å². The molecule has 19 heavy (non-hydrogen) atoms. The number of aliphatic hydroxyl groups is 1. The zero-order chi connectivity index (χ0) is 13.7. The summed E-state index contributed by atoms with van der Waals surface area (Å²) >= 11 is 0. The molecule has 5 nitrogen and oxygen atoms in total. The van der Waals surface area contributed by atoms with Crippen molar-refractivity contribution in [2.75, 3.05) is 11.9 Å². The molecule has 0 bridgehead atoms. The Morgan fingerprint density at radius 3 is 2.68 bits per heavy atom. The Hall–Kier alpha value is -2.40. The lowest BCUT2D eigenvalue weighted by molar-refractivity contribution is 0.0697. The highest BCUT2D eigenvalue weighted by Crippen LogP contribution is 2.16. The number of carbonyl (C=O) groups is 1. The Morgan fingerprint density at radius 2 is 2.00 bits per heavy atom. The summed E-state index contributed by atoms with van der Waals surface area (Å²) in [6, 6.07) is 10.6. The minimum Gasteiger partial charge on any atom is -0.478 e. The maximum absolute atomic E-state index is 11.0. The van der Waals surface area contributed by atoms with Crippen LogP contribution in [-0.2, 0) is 0 Å². The zero-order valence-corrected chi connectivity index (χ0v) is 10.2. The van der Waals surface area contributed by atoms with Crippen LogP contribution in [0, 0.1) is 0 Å². The summed E-state index contributed by atoms with van der Waals surface area (Å²) in [5.41, 5.74) is 1.30. The third kappa shape index (κ3) is 3.29. The third-order valence-corrected chi connectivity index (χ3v) is 2.72. The highest BCUT2D eigenvalue weighted by Gasteiger charge is 2.11. The minimum atomic E-state index is -1.03. The fraction of sp³-hybridized carbons (Fsp3) is 0.143. The van der Waals surface area contributed by atoms with E-state index in [0.29, 0.717) is 5.69 Å². The molecule has 3 N–H and O–H groups in total. The quantitative estimate of drug-likeness (QED) is 0.763. The molecule has 0 radical (unpaired) electrons. The molecule has 1 unspecified atom stereocenters. The SMILES string of the molecule is O=C(O)c1ccncc1NCC(O)c1ccccc1. The van der Waals surface area contributed by atoms with Crippen LogP contribution in [0.1, 0.15) is 22.0 Å². The van der Waals surface area contributed by atoms with Gasteiger partial charge in [0.05, 0.1) is 23.6 Å². The van der Waals surface area contributed by atoms with Gasteiger partial charge in [0.15, 0.2) is 0 Å². The van der Waals surface area contributed by atoms with Gasteiger partial charge in [0.25, 0.3) is 0 Å². The molecule has 0 amide bonds. The first kappa shape index (κ1) is 13.0. The molecule has 1 aromatic carbocycles. The second-order valence-electron chi connectivity index (χ2n) is 4.03. The Bertz CT molecular complexity index is 558. The van der Waals surface area contributed by atoms with E-state index in [9.17, 15) is 9.90 Å². The molecule has 0 saturated heterocycles. The monoisotopic (exact) mass is 258 g/mol. The molecule has 0 saturated carbocycles. The van der Waals surface area contributed by atoms with Crippen LogP contribution in [0.25, 0.3) is 0 Å². The molecule has 0 aliphatic carbocycles. The number of hydrogen-bond acceptors (Lipinski definition) is 4. The van der Waals surface area contributed by atoms with Crippen molar-refractivity contribution in [1.82, 2.24) is 4.98 Å². The first-order valence-electron chi connectivity index (χ1n) is 5.82. The van der Waals surface area contributed by atoms with Gasteiger partial charge in [-0.2, -0.15) is 0 Å². The maximum atomic E-state index is 11.0. The van der Waals surface area contributed by atoms with Gasteiger partial charge in [-0.15, -0.1) is 0 Å². The van der Waals surface area contributed by atoms with Crippen molar-refractivity contribution in [3.8, 4) is 0 Å². The number of nitrogens with zero attached hydrogens (tertiary/aromatic N) is 1. The van der Waals surface area contributed by atoms with E-state index in [0.717, 1.165) is 5.56 Å². The van der Waals surface area contributed by atoms with Crippen molar-refractivity contribution in [2.24, 2.45) is 0 Å². The summed E-state index contributed by atoms with van der Waals surface area (Å²) < 4.78 is 0. The fourth-order valence-electron chi connectivity index (χ4n) is 1.72. The standard InChI is InChI=1S/C14H14N2O3/c17-13(10-4-2-1-3-5-10)9-16-12-8-15-7-6-11(12)14(18)19/h1-8,13,16-17H,9H2,(H,18,19). The van der Waals surface area contributed by atoms with Crippen LogP contribution in [0.3, 0.4) is 0 Å². The van der Waals surface area contributed by atoms with Gasteiger partial charge in [0.1, 0.15) is 0 Å². The van der Waals surface area contributed by atoms with Crippen molar-refractivity contribution >= 4 is 11.7 Å². The van der Waals surface area contributed by atoms with Crippen LogP contribution in [0.4, 0.5) is 5.69 Å². The summed E-state index contributed by atoms with van der Waals surface area (Å²) in [5, 5.41) is 21.9. The molecule has 98 valence electrons. The maximum Gasteiger partial charge on any atom is 0.337 e. The topological polar surface area (TPSA) is 82.5 Å². The van der Waals surface area contributed by atoms with E-state index >= 15 is 0 Å². The largest absolute Gasteiger partial charge is 0.478 e. The normalized spacial score (nSPS) is 11.8. The predicted molar refractivity (Wildman–Crippen MR) is 71.1 cm³/mol. The molecule has 1 atom stereocenters. The number of anilines is 1. The molecule has 2 aromatic rings. The summed E-state index contributed by atoms with van der Waals surface area (Å²) in [7, 11) is 0. The van der Waals surface area contributed by atoms with E-state index < -0.39 is 12.1 Å². The first-order chi connectivity index (χ1) is 9.18. The molecular weight excluding hydrogens is 244 g/mol. The Morgan fingerprint density at radius 1 is 1.26 bits per heavy atom. The number of aromatic nitrogens is 1. The van der Waals surface area contributed by atoms with E-state index in [-0.39, 0.29) is 12.1 Å². The van der Waals surface area contributed by atoms with Crippen LogP contribution in [0.15, 0.2) is 48.8 Å². The van der Waals surface area contributed by atoms with Crippen LogP contribution in [-0.4, -0.2) is 27.7 Å². The molecule has 1 heterocycles. The number of rotatable bonds is 5. The van der Waals surface area contributed by atoms with E-state index in [1.807, 2.05) is 30.3 Å². The number of nitrogens with one attached hydrogen (secondary N) is 1. The Kier molecular flexibility index (Phi) is 4.10. The molecule has 0 aliphatic rings. The number of benzene rings is 1. The Balaban J connectivity index is 2.05. The second-order valence-corrected chi connectivity index (χ2v) is 4.03. The third-order valence-electron chi connectivity index (χ3n) is 2.72. The van der Waals surface area contributed by atoms with E-state index in [2.05, 4.69) is 10.3 Å². The van der Waals surface area contributed by atoms with Crippen molar-refractivity contribution in [3.63, 3.8) is 0 Å². The summed E-state index contributed by atoms with van der Waals surface area (Å²) in [4.78, 5) is 14.9. The number of aliphatic hydroxyl groups excluding tert-OH is 1. The van der Waals surface area contributed by atoms with Crippen molar-refractivity contribution in [1.29, 1.82) is 0 Å². The van der Waals surface area contributed by atoms with Crippen LogP contribution in [0.2, 0.25) is 0 Å². The number of carboxylic acid groups (broad SMARTS) is 1. The molecule has 2 rings (SSSR count). The zero-order valence-electron chi connectivity index (χ0n) is 10.2. The smallest absolute Gasteiger partial charge is 0.337 e. The van der Waals surface area contributed by atoms with Gasteiger partial charge in [-0.05, 0) is 11.6 Å². The fourth-order valence-corrected chi connectivity index (χ4v) is 1.72. The number of hydrogen-bond donors (Lipinski definition) is 3. The number of pyridine rings is 1. The van der Waals surface area contributed by atoms with E-state index in [4.69, 9.17) is 5.11 Å². The molecule has 0 spiro atoms. The molecule has 5 heteroatoms. The summed E-state index contributed by atoms with van der Waals surface area (Å²) in [5.74, 6) is -1.03. The predicted octanol–water partition coefficient (Wildman–Crippen LogP) is 1.93. The van der Waals surface area contributed by atoms with Gasteiger partial charge in [-0.3, -0.25) is 4.98 Å².